The van der Waals surface area contributed by atoms with Crippen molar-refractivity contribution < 1.29 is 9.90 Å². The summed E-state index contributed by atoms with van der Waals surface area (Å²) < 4.78 is 4.19. The first kappa shape index (κ1) is 15.0. The number of hydrogen-bond donors (Lipinski definition) is 1. The number of benzene rings is 1. The summed E-state index contributed by atoms with van der Waals surface area (Å²) in [5, 5.41) is 19.6. The summed E-state index contributed by atoms with van der Waals surface area (Å²) in [6.45, 7) is 0. The maximum atomic E-state index is 12.0. The van der Waals surface area contributed by atoms with Crippen LogP contribution in [0.4, 0.5) is 10.7 Å². The van der Waals surface area contributed by atoms with Gasteiger partial charge in [-0.2, -0.15) is 4.37 Å². The Hall–Kier alpha value is -2.87. The largest absolute Gasteiger partial charge is 0.507 e. The van der Waals surface area contributed by atoms with Crippen LogP contribution in [0.1, 0.15) is 10.4 Å². The van der Waals surface area contributed by atoms with Crippen LogP contribution in [0.25, 0.3) is 11.0 Å². The molecule has 0 unspecified atom stereocenters. The normalized spacial score (nSPS) is 11.2. The van der Waals surface area contributed by atoms with E-state index in [-0.39, 0.29) is 17.2 Å². The number of amides is 1. The lowest BCUT2D eigenvalue weighted by atomic mass is 10.1. The zero-order chi connectivity index (χ0) is 16.4. The number of rotatable bonds is 3. The van der Waals surface area contributed by atoms with Crippen LogP contribution in [-0.4, -0.2) is 39.4 Å². The molecular weight excluding hydrogens is 314 g/mol. The highest BCUT2D eigenvalue weighted by molar-refractivity contribution is 7.11. The molecule has 0 saturated carbocycles. The lowest BCUT2D eigenvalue weighted by molar-refractivity contribution is 0.0824. The summed E-state index contributed by atoms with van der Waals surface area (Å²) in [6.07, 6.45) is 1.67. The molecule has 116 valence electrons. The average molecular weight is 327 g/mol. The third kappa shape index (κ3) is 3.02. The highest BCUT2D eigenvalue weighted by atomic mass is 32.1. The Morgan fingerprint density at radius 1 is 1.26 bits per heavy atom. The predicted octanol–water partition coefficient (Wildman–Crippen LogP) is 3.51. The summed E-state index contributed by atoms with van der Waals surface area (Å²) >= 11 is 1.20. The van der Waals surface area contributed by atoms with Crippen LogP contribution in [-0.2, 0) is 0 Å². The molecule has 1 amide bonds. The van der Waals surface area contributed by atoms with E-state index in [1.165, 1.54) is 28.6 Å². The molecular formula is C15H13N5O2S. The van der Waals surface area contributed by atoms with Gasteiger partial charge >= 0.3 is 0 Å². The monoisotopic (exact) mass is 327 g/mol. The molecule has 1 aromatic carbocycles. The van der Waals surface area contributed by atoms with Gasteiger partial charge in [0.15, 0.2) is 10.6 Å². The second-order valence-corrected chi connectivity index (χ2v) is 5.72. The first-order valence-corrected chi connectivity index (χ1v) is 7.50. The molecule has 0 aliphatic carbocycles. The number of aromatic hydroxyl groups is 1. The Morgan fingerprint density at radius 2 is 2.09 bits per heavy atom. The Morgan fingerprint density at radius 3 is 2.87 bits per heavy atom. The van der Waals surface area contributed by atoms with E-state index in [1.807, 2.05) is 12.1 Å². The van der Waals surface area contributed by atoms with Crippen molar-refractivity contribution in [1.29, 1.82) is 0 Å². The molecule has 2 heterocycles. The Labute approximate surface area is 136 Å². The van der Waals surface area contributed by atoms with Crippen molar-refractivity contribution in [3.05, 3.63) is 42.1 Å². The second kappa shape index (κ2) is 6.09. The van der Waals surface area contributed by atoms with Gasteiger partial charge in [0.1, 0.15) is 5.75 Å². The Bertz CT molecular complexity index is 904. The number of carbonyl (C=O) groups excluding carboxylic acids is 1. The van der Waals surface area contributed by atoms with Gasteiger partial charge in [0, 0.05) is 20.3 Å². The number of aromatic nitrogens is 2. The fourth-order valence-corrected chi connectivity index (χ4v) is 2.60. The third-order valence-electron chi connectivity index (χ3n) is 3.11. The standard InChI is InChI=1S/C15H13N5O2S/c1-20(2)15(22)11-8-9(5-6-12(11)21)17-18-14-10-4-3-7-16-13(10)19-23-14/h3-8,21H,1-2H3/b18-17+. The molecule has 7 nitrogen and oxygen atoms in total. The molecule has 0 radical (unpaired) electrons. The van der Waals surface area contributed by atoms with Crippen molar-refractivity contribution in [2.45, 2.75) is 0 Å². The minimum Gasteiger partial charge on any atom is -0.507 e. The zero-order valence-corrected chi connectivity index (χ0v) is 13.3. The molecule has 0 bridgehead atoms. The van der Waals surface area contributed by atoms with Crippen molar-refractivity contribution in [2.75, 3.05) is 14.1 Å². The number of fused-ring (bicyclic) bond motifs is 1. The topological polar surface area (TPSA) is 91.0 Å². The minimum atomic E-state index is -0.299. The number of carbonyl (C=O) groups is 1. The number of phenolic OH excluding ortho intramolecular Hbond substituents is 1. The molecule has 0 fully saturated rings. The van der Waals surface area contributed by atoms with Crippen molar-refractivity contribution in [3.63, 3.8) is 0 Å². The van der Waals surface area contributed by atoms with Crippen molar-refractivity contribution >= 4 is 39.2 Å². The van der Waals surface area contributed by atoms with Gasteiger partial charge in [-0.3, -0.25) is 4.79 Å². The SMILES string of the molecule is CN(C)C(=O)c1cc(/N=N/c2snc3ncccc23)ccc1O. The second-order valence-electron chi connectivity index (χ2n) is 4.96. The van der Waals surface area contributed by atoms with Gasteiger partial charge in [0.25, 0.3) is 5.91 Å². The van der Waals surface area contributed by atoms with Gasteiger partial charge in [-0.05, 0) is 41.9 Å². The summed E-state index contributed by atoms with van der Waals surface area (Å²) in [5.74, 6) is -0.387. The molecule has 0 saturated heterocycles. The van der Waals surface area contributed by atoms with Crippen LogP contribution in [0.3, 0.4) is 0 Å². The maximum absolute atomic E-state index is 12.0. The molecule has 8 heteroatoms. The van der Waals surface area contributed by atoms with Gasteiger partial charge < -0.3 is 10.0 Å². The van der Waals surface area contributed by atoms with Gasteiger partial charge in [0.05, 0.1) is 16.6 Å². The molecule has 3 rings (SSSR count). The number of pyridine rings is 1. The van der Waals surface area contributed by atoms with Gasteiger partial charge in [-0.15, -0.1) is 10.2 Å². The van der Waals surface area contributed by atoms with Crippen molar-refractivity contribution in [1.82, 2.24) is 14.3 Å². The summed E-state index contributed by atoms with van der Waals surface area (Å²) in [5.41, 5.74) is 1.28. The number of nitrogens with zero attached hydrogens (tertiary/aromatic N) is 5. The van der Waals surface area contributed by atoms with Crippen LogP contribution in [0.2, 0.25) is 0 Å². The van der Waals surface area contributed by atoms with Gasteiger partial charge in [0.2, 0.25) is 0 Å². The number of azo groups is 1. The lowest BCUT2D eigenvalue weighted by Crippen LogP contribution is -2.21. The summed E-state index contributed by atoms with van der Waals surface area (Å²) in [6, 6.07) is 8.20. The molecule has 0 aliphatic rings. The molecule has 23 heavy (non-hydrogen) atoms. The van der Waals surface area contributed by atoms with E-state index in [0.29, 0.717) is 16.3 Å². The number of phenols is 1. The molecule has 1 N–H and O–H groups in total. The van der Waals surface area contributed by atoms with Gasteiger partial charge in [-0.25, -0.2) is 4.98 Å². The maximum Gasteiger partial charge on any atom is 0.257 e. The lowest BCUT2D eigenvalue weighted by Gasteiger charge is -2.11. The van der Waals surface area contributed by atoms with Crippen LogP contribution < -0.4 is 0 Å². The molecule has 2 aromatic heterocycles. The quantitative estimate of drug-likeness (QED) is 0.745. The van der Waals surface area contributed by atoms with Crippen molar-refractivity contribution in [3.8, 4) is 5.75 Å². The molecule has 0 spiro atoms. The van der Waals surface area contributed by atoms with Crippen LogP contribution >= 0.6 is 11.5 Å². The fraction of sp³-hybridized carbons (Fsp3) is 0.133. The highest BCUT2D eigenvalue weighted by Crippen LogP contribution is 2.31. The van der Waals surface area contributed by atoms with E-state index in [1.54, 1.807) is 26.4 Å². The molecule has 0 aliphatic heterocycles. The predicted molar refractivity (Wildman–Crippen MR) is 87.7 cm³/mol. The molecule has 3 aromatic rings. The van der Waals surface area contributed by atoms with E-state index in [0.717, 1.165) is 5.39 Å². The fourth-order valence-electron chi connectivity index (χ4n) is 1.95. The van der Waals surface area contributed by atoms with E-state index >= 15 is 0 Å². The summed E-state index contributed by atoms with van der Waals surface area (Å²) in [7, 11) is 3.23. The molecule has 0 atom stereocenters. The van der Waals surface area contributed by atoms with E-state index < -0.39 is 0 Å². The van der Waals surface area contributed by atoms with Crippen LogP contribution in [0.15, 0.2) is 46.8 Å². The van der Waals surface area contributed by atoms with Crippen LogP contribution in [0, 0.1) is 0 Å². The zero-order valence-electron chi connectivity index (χ0n) is 12.5. The smallest absolute Gasteiger partial charge is 0.257 e. The van der Waals surface area contributed by atoms with Gasteiger partial charge in [-0.1, -0.05) is 0 Å². The first-order valence-electron chi connectivity index (χ1n) is 6.73. The number of hydrogen-bond acceptors (Lipinski definition) is 7. The first-order chi connectivity index (χ1) is 11.1. The minimum absolute atomic E-state index is 0.0879. The Kier molecular flexibility index (Phi) is 3.98. The Balaban J connectivity index is 1.94. The highest BCUT2D eigenvalue weighted by Gasteiger charge is 2.14. The average Bonchev–Trinajstić information content (AvgIpc) is 2.96. The van der Waals surface area contributed by atoms with Crippen LogP contribution in [0.5, 0.6) is 5.75 Å². The summed E-state index contributed by atoms with van der Waals surface area (Å²) in [4.78, 5) is 17.5. The van der Waals surface area contributed by atoms with E-state index in [4.69, 9.17) is 0 Å². The van der Waals surface area contributed by atoms with Crippen molar-refractivity contribution in [2.24, 2.45) is 10.2 Å². The van der Waals surface area contributed by atoms with E-state index in [9.17, 15) is 9.90 Å². The third-order valence-corrected chi connectivity index (χ3v) is 3.85. The van der Waals surface area contributed by atoms with E-state index in [2.05, 4.69) is 19.6 Å².